The zero-order valence-electron chi connectivity index (χ0n) is 12.0. The van der Waals surface area contributed by atoms with Gasteiger partial charge >= 0.3 is 0 Å². The second kappa shape index (κ2) is 7.32. The first-order chi connectivity index (χ1) is 9.33. The maximum Gasteiger partial charge on any atom is 0.232 e. The number of hydrogen-bond acceptors (Lipinski definition) is 1. The van der Waals surface area contributed by atoms with Gasteiger partial charge in [-0.1, -0.05) is 70.1 Å². The van der Waals surface area contributed by atoms with E-state index in [-0.39, 0.29) is 11.8 Å². The number of carbonyl (C=O) groups is 1. The van der Waals surface area contributed by atoms with Gasteiger partial charge in [0.15, 0.2) is 0 Å². The molecule has 0 spiro atoms. The normalized spacial score (nSPS) is 17.3. The number of fused-ring (bicyclic) bond motifs is 1. The maximum absolute atomic E-state index is 11.9. The number of carbonyl (C=O) groups excluding carboxylic acids is 1. The molecule has 1 aliphatic heterocycles. The van der Waals surface area contributed by atoms with Crippen molar-refractivity contribution in [3.8, 4) is 0 Å². The van der Waals surface area contributed by atoms with Crippen LogP contribution in [0, 0.1) is 0 Å². The van der Waals surface area contributed by atoms with Crippen molar-refractivity contribution >= 4 is 11.6 Å². The van der Waals surface area contributed by atoms with Crippen LogP contribution in [0.1, 0.15) is 69.8 Å². The van der Waals surface area contributed by atoms with E-state index in [1.165, 1.54) is 50.5 Å². The molecule has 0 bridgehead atoms. The Morgan fingerprint density at radius 2 is 1.68 bits per heavy atom. The van der Waals surface area contributed by atoms with Crippen LogP contribution in [-0.2, 0) is 4.79 Å². The number of hydrogen-bond donors (Lipinski definition) is 1. The minimum atomic E-state index is 0.0897. The van der Waals surface area contributed by atoms with Crippen molar-refractivity contribution in [2.45, 2.75) is 64.2 Å². The third-order valence-corrected chi connectivity index (χ3v) is 4.01. The van der Waals surface area contributed by atoms with Crippen molar-refractivity contribution in [2.75, 3.05) is 5.32 Å². The maximum atomic E-state index is 11.9. The van der Waals surface area contributed by atoms with Gasteiger partial charge in [-0.3, -0.25) is 4.79 Å². The van der Waals surface area contributed by atoms with E-state index < -0.39 is 0 Å². The van der Waals surface area contributed by atoms with Gasteiger partial charge in [-0.15, -0.1) is 0 Å². The third-order valence-electron chi connectivity index (χ3n) is 4.01. The second-order valence-corrected chi connectivity index (χ2v) is 5.54. The highest BCUT2D eigenvalue weighted by Crippen LogP contribution is 2.35. The van der Waals surface area contributed by atoms with E-state index in [4.69, 9.17) is 0 Å². The van der Waals surface area contributed by atoms with Gasteiger partial charge in [-0.25, -0.2) is 0 Å². The van der Waals surface area contributed by atoms with Gasteiger partial charge in [0, 0.05) is 5.69 Å². The Hall–Kier alpha value is -1.31. The molecule has 0 radical (unpaired) electrons. The molecule has 1 atom stereocenters. The molecule has 0 aromatic heterocycles. The molecule has 1 aromatic carbocycles. The number of benzene rings is 1. The van der Waals surface area contributed by atoms with Crippen LogP contribution < -0.4 is 5.32 Å². The average molecular weight is 259 g/mol. The fourth-order valence-corrected chi connectivity index (χ4v) is 2.87. The van der Waals surface area contributed by atoms with E-state index in [1.54, 1.807) is 0 Å². The fourth-order valence-electron chi connectivity index (χ4n) is 2.87. The largest absolute Gasteiger partial charge is 0.325 e. The molecular weight excluding hydrogens is 234 g/mol. The number of rotatable bonds is 8. The first-order valence-electron chi connectivity index (χ1n) is 7.72. The van der Waals surface area contributed by atoms with E-state index in [0.717, 1.165) is 12.1 Å². The van der Waals surface area contributed by atoms with Crippen molar-refractivity contribution in [1.29, 1.82) is 0 Å². The van der Waals surface area contributed by atoms with Crippen molar-refractivity contribution in [2.24, 2.45) is 0 Å². The van der Waals surface area contributed by atoms with Gasteiger partial charge in [0.2, 0.25) is 5.91 Å². The molecule has 2 heteroatoms. The van der Waals surface area contributed by atoms with E-state index in [2.05, 4.69) is 18.3 Å². The number of anilines is 1. The highest BCUT2D eigenvalue weighted by atomic mass is 16.2. The molecule has 1 aromatic rings. The van der Waals surface area contributed by atoms with Crippen LogP contribution in [0.15, 0.2) is 24.3 Å². The molecule has 104 valence electrons. The number of para-hydroxylation sites is 1. The lowest BCUT2D eigenvalue weighted by atomic mass is 9.94. The lowest BCUT2D eigenvalue weighted by Gasteiger charge is -2.08. The van der Waals surface area contributed by atoms with E-state index in [1.807, 2.05) is 18.2 Å². The highest BCUT2D eigenvalue weighted by molar-refractivity contribution is 6.02. The summed E-state index contributed by atoms with van der Waals surface area (Å²) in [6.07, 6.45) is 10.1. The van der Waals surface area contributed by atoms with Crippen LogP contribution in [-0.4, -0.2) is 5.91 Å². The van der Waals surface area contributed by atoms with Crippen LogP contribution >= 0.6 is 0 Å². The molecule has 0 fully saturated rings. The van der Waals surface area contributed by atoms with Crippen molar-refractivity contribution < 1.29 is 4.79 Å². The Balaban J connectivity index is 1.70. The summed E-state index contributed by atoms with van der Waals surface area (Å²) in [7, 11) is 0. The van der Waals surface area contributed by atoms with Crippen LogP contribution in [0.3, 0.4) is 0 Å². The van der Waals surface area contributed by atoms with Gasteiger partial charge in [0.05, 0.1) is 5.92 Å². The van der Waals surface area contributed by atoms with Gasteiger partial charge < -0.3 is 5.32 Å². The SMILES string of the molecule is CCCCCCCCCC1C(=O)Nc2ccccc21. The first-order valence-corrected chi connectivity index (χ1v) is 7.72. The second-order valence-electron chi connectivity index (χ2n) is 5.54. The smallest absolute Gasteiger partial charge is 0.232 e. The van der Waals surface area contributed by atoms with Gasteiger partial charge in [-0.05, 0) is 18.1 Å². The van der Waals surface area contributed by atoms with Crippen LogP contribution in [0.5, 0.6) is 0 Å². The highest BCUT2D eigenvalue weighted by Gasteiger charge is 2.29. The molecule has 2 rings (SSSR count). The monoisotopic (exact) mass is 259 g/mol. The Morgan fingerprint density at radius 3 is 2.47 bits per heavy atom. The summed E-state index contributed by atoms with van der Waals surface area (Å²) in [5.74, 6) is 0.277. The van der Waals surface area contributed by atoms with E-state index in [0.29, 0.717) is 0 Å². The Labute approximate surface area is 116 Å². The summed E-state index contributed by atoms with van der Waals surface area (Å²) < 4.78 is 0. The lowest BCUT2D eigenvalue weighted by molar-refractivity contribution is -0.117. The molecule has 19 heavy (non-hydrogen) atoms. The number of unbranched alkanes of at least 4 members (excludes halogenated alkanes) is 6. The molecule has 0 saturated carbocycles. The summed E-state index contributed by atoms with van der Waals surface area (Å²) in [6.45, 7) is 2.25. The van der Waals surface area contributed by atoms with E-state index >= 15 is 0 Å². The quantitative estimate of drug-likeness (QED) is 0.663. The Kier molecular flexibility index (Phi) is 5.44. The van der Waals surface area contributed by atoms with Crippen molar-refractivity contribution in [3.63, 3.8) is 0 Å². The predicted octanol–water partition coefficient (Wildman–Crippen LogP) is 4.86. The lowest BCUT2D eigenvalue weighted by Crippen LogP contribution is -2.11. The molecule has 2 nitrogen and oxygen atoms in total. The van der Waals surface area contributed by atoms with Crippen LogP contribution in [0.25, 0.3) is 0 Å². The minimum Gasteiger partial charge on any atom is -0.325 e. The standard InChI is InChI=1S/C17H25NO/c1-2-3-4-5-6-7-8-12-15-14-11-9-10-13-16(14)18-17(15)19/h9-11,13,15H,2-8,12H2,1H3,(H,18,19). The van der Waals surface area contributed by atoms with E-state index in [9.17, 15) is 4.79 Å². The molecule has 1 N–H and O–H groups in total. The fraction of sp³-hybridized carbons (Fsp3) is 0.588. The zero-order chi connectivity index (χ0) is 13.5. The average Bonchev–Trinajstić information content (AvgIpc) is 2.74. The Morgan fingerprint density at radius 1 is 1.00 bits per heavy atom. The number of amides is 1. The van der Waals surface area contributed by atoms with Crippen molar-refractivity contribution in [3.05, 3.63) is 29.8 Å². The minimum absolute atomic E-state index is 0.0897. The van der Waals surface area contributed by atoms with Crippen LogP contribution in [0.4, 0.5) is 5.69 Å². The summed E-state index contributed by atoms with van der Waals surface area (Å²) in [5.41, 5.74) is 2.21. The summed E-state index contributed by atoms with van der Waals surface area (Å²) in [4.78, 5) is 11.9. The van der Waals surface area contributed by atoms with Gasteiger partial charge in [-0.2, -0.15) is 0 Å². The Bertz CT molecular complexity index is 413. The first kappa shape index (κ1) is 14.1. The zero-order valence-corrected chi connectivity index (χ0v) is 12.0. The predicted molar refractivity (Wildman–Crippen MR) is 80.4 cm³/mol. The summed E-state index contributed by atoms with van der Waals surface area (Å²) >= 11 is 0. The molecule has 1 unspecified atom stereocenters. The molecule has 1 aliphatic rings. The summed E-state index contributed by atoms with van der Waals surface area (Å²) in [6, 6.07) is 8.09. The molecule has 1 heterocycles. The van der Waals surface area contributed by atoms with Gasteiger partial charge in [0.25, 0.3) is 0 Å². The summed E-state index contributed by atoms with van der Waals surface area (Å²) in [5, 5.41) is 2.98. The van der Waals surface area contributed by atoms with Crippen LogP contribution in [0.2, 0.25) is 0 Å². The topological polar surface area (TPSA) is 29.1 Å². The van der Waals surface area contributed by atoms with Gasteiger partial charge in [0.1, 0.15) is 0 Å². The molecular formula is C17H25NO. The van der Waals surface area contributed by atoms with Crippen molar-refractivity contribution in [1.82, 2.24) is 0 Å². The number of nitrogens with one attached hydrogen (secondary N) is 1. The molecule has 1 amide bonds. The molecule has 0 aliphatic carbocycles. The third kappa shape index (κ3) is 3.82. The molecule has 0 saturated heterocycles.